The van der Waals surface area contributed by atoms with Crippen molar-refractivity contribution in [3.63, 3.8) is 0 Å². The van der Waals surface area contributed by atoms with Gasteiger partial charge < -0.3 is 9.47 Å². The van der Waals surface area contributed by atoms with Crippen LogP contribution in [0.1, 0.15) is 66.4 Å². The summed E-state index contributed by atoms with van der Waals surface area (Å²) in [7, 11) is 1.73. The monoisotopic (exact) mass is 392 g/mol. The van der Waals surface area contributed by atoms with E-state index < -0.39 is 0 Å². The van der Waals surface area contributed by atoms with Gasteiger partial charge in [-0.3, -0.25) is 0 Å². The van der Waals surface area contributed by atoms with E-state index in [1.807, 2.05) is 36.4 Å². The van der Waals surface area contributed by atoms with Crippen molar-refractivity contribution in [1.29, 1.82) is 0 Å². The van der Waals surface area contributed by atoms with Gasteiger partial charge in [0.15, 0.2) is 0 Å². The number of rotatable bonds is 8. The van der Waals surface area contributed by atoms with Gasteiger partial charge in [0.1, 0.15) is 5.75 Å². The summed E-state index contributed by atoms with van der Waals surface area (Å²) in [4.78, 5) is 12.4. The molecule has 0 radical (unpaired) electrons. The Kier molecular flexibility index (Phi) is 8.06. The fraction of sp³-hybridized carbons (Fsp3) is 0.423. The summed E-state index contributed by atoms with van der Waals surface area (Å²) >= 11 is 0. The van der Waals surface area contributed by atoms with E-state index >= 15 is 0 Å². The van der Waals surface area contributed by atoms with Gasteiger partial charge in [0, 0.05) is 7.11 Å². The number of aryl methyl sites for hydroxylation is 1. The smallest absolute Gasteiger partial charge is 0.343 e. The Morgan fingerprint density at radius 3 is 2.31 bits per heavy atom. The molecule has 29 heavy (non-hydrogen) atoms. The topological polar surface area (TPSA) is 35.5 Å². The SMILES string of the molecule is CCCc1ccc(OC(=O)c2ccc(C3CCC(/C=C/COC)CC3)cc2)cc1. The van der Waals surface area contributed by atoms with Gasteiger partial charge in [-0.25, -0.2) is 4.79 Å². The first-order valence-electron chi connectivity index (χ1n) is 10.8. The van der Waals surface area contributed by atoms with E-state index in [1.54, 1.807) is 7.11 Å². The van der Waals surface area contributed by atoms with Crippen LogP contribution in [-0.4, -0.2) is 19.7 Å². The number of esters is 1. The van der Waals surface area contributed by atoms with Crippen LogP contribution in [0.15, 0.2) is 60.7 Å². The highest BCUT2D eigenvalue weighted by atomic mass is 16.5. The van der Waals surface area contributed by atoms with Gasteiger partial charge in [0.25, 0.3) is 0 Å². The lowest BCUT2D eigenvalue weighted by Gasteiger charge is -2.27. The molecule has 0 amide bonds. The Morgan fingerprint density at radius 1 is 1.00 bits per heavy atom. The van der Waals surface area contributed by atoms with Crippen molar-refractivity contribution >= 4 is 5.97 Å². The van der Waals surface area contributed by atoms with Crippen LogP contribution in [0.2, 0.25) is 0 Å². The number of methoxy groups -OCH3 is 1. The van der Waals surface area contributed by atoms with Crippen LogP contribution in [0.5, 0.6) is 5.75 Å². The summed E-state index contributed by atoms with van der Waals surface area (Å²) < 4.78 is 10.6. The van der Waals surface area contributed by atoms with Crippen LogP contribution in [0, 0.1) is 5.92 Å². The number of allylic oxidation sites excluding steroid dienone is 1. The van der Waals surface area contributed by atoms with Crippen molar-refractivity contribution < 1.29 is 14.3 Å². The first-order valence-corrected chi connectivity index (χ1v) is 10.8. The molecule has 2 aromatic rings. The third kappa shape index (κ3) is 6.30. The Labute approximate surface area is 174 Å². The van der Waals surface area contributed by atoms with Crippen molar-refractivity contribution in [3.05, 3.63) is 77.4 Å². The molecule has 3 heteroatoms. The average Bonchev–Trinajstić information content (AvgIpc) is 2.76. The molecule has 3 rings (SSSR count). The molecular formula is C26H32O3. The lowest BCUT2D eigenvalue weighted by molar-refractivity contribution is 0.0734. The largest absolute Gasteiger partial charge is 0.423 e. The highest BCUT2D eigenvalue weighted by Crippen LogP contribution is 2.36. The van der Waals surface area contributed by atoms with Crippen molar-refractivity contribution in [2.75, 3.05) is 13.7 Å². The van der Waals surface area contributed by atoms with Crippen LogP contribution in [0.4, 0.5) is 0 Å². The van der Waals surface area contributed by atoms with E-state index in [0.29, 0.717) is 29.8 Å². The molecule has 2 aromatic carbocycles. The van der Waals surface area contributed by atoms with Crippen LogP contribution >= 0.6 is 0 Å². The maximum absolute atomic E-state index is 12.4. The molecule has 3 nitrogen and oxygen atoms in total. The fourth-order valence-electron chi connectivity index (χ4n) is 4.06. The number of benzene rings is 2. The molecule has 0 unspecified atom stereocenters. The Hall–Kier alpha value is -2.39. The highest BCUT2D eigenvalue weighted by Gasteiger charge is 2.21. The van der Waals surface area contributed by atoms with Gasteiger partial charge in [0.05, 0.1) is 12.2 Å². The van der Waals surface area contributed by atoms with E-state index in [-0.39, 0.29) is 5.97 Å². The van der Waals surface area contributed by atoms with E-state index in [1.165, 1.54) is 36.8 Å². The Bertz CT molecular complexity index is 782. The van der Waals surface area contributed by atoms with Gasteiger partial charge in [-0.15, -0.1) is 0 Å². The maximum atomic E-state index is 12.4. The lowest BCUT2D eigenvalue weighted by Crippen LogP contribution is -2.13. The Morgan fingerprint density at radius 2 is 1.69 bits per heavy atom. The highest BCUT2D eigenvalue weighted by molar-refractivity contribution is 5.91. The number of hydrogen-bond donors (Lipinski definition) is 0. The van der Waals surface area contributed by atoms with Gasteiger partial charge in [0.2, 0.25) is 0 Å². The normalized spacial score (nSPS) is 19.4. The third-order valence-corrected chi connectivity index (χ3v) is 5.73. The predicted octanol–water partition coefficient (Wildman–Crippen LogP) is 6.33. The van der Waals surface area contributed by atoms with Crippen LogP contribution < -0.4 is 4.74 Å². The van der Waals surface area contributed by atoms with Crippen molar-refractivity contribution in [1.82, 2.24) is 0 Å². The number of carbonyl (C=O) groups is 1. The molecule has 0 bridgehead atoms. The minimum atomic E-state index is -0.299. The standard InChI is InChI=1S/C26H32O3/c1-3-5-20-9-17-25(18-10-20)29-26(27)24-15-13-23(14-16-24)22-11-7-21(8-12-22)6-4-19-28-2/h4,6,9-10,13-18,21-22H,3,5,7-8,11-12,19H2,1-2H3/b6-4+. The molecule has 154 valence electrons. The zero-order valence-corrected chi connectivity index (χ0v) is 17.6. The molecule has 0 aromatic heterocycles. The molecule has 0 saturated heterocycles. The van der Waals surface area contributed by atoms with Crippen molar-refractivity contribution in [2.24, 2.45) is 5.92 Å². The second-order valence-corrected chi connectivity index (χ2v) is 7.90. The number of carbonyl (C=O) groups excluding carboxylic acids is 1. The minimum absolute atomic E-state index is 0.299. The van der Waals surface area contributed by atoms with E-state index in [9.17, 15) is 4.79 Å². The number of ether oxygens (including phenoxy) is 2. The van der Waals surface area contributed by atoms with Gasteiger partial charge >= 0.3 is 5.97 Å². The fourth-order valence-corrected chi connectivity index (χ4v) is 4.06. The van der Waals surface area contributed by atoms with Crippen LogP contribution in [0.25, 0.3) is 0 Å². The lowest BCUT2D eigenvalue weighted by atomic mass is 9.78. The zero-order valence-electron chi connectivity index (χ0n) is 17.6. The summed E-state index contributed by atoms with van der Waals surface area (Å²) in [6.45, 7) is 2.85. The van der Waals surface area contributed by atoms with Crippen molar-refractivity contribution in [3.8, 4) is 5.75 Å². The summed E-state index contributed by atoms with van der Waals surface area (Å²) in [5.41, 5.74) is 3.19. The molecule has 0 aliphatic heterocycles. The quantitative estimate of drug-likeness (QED) is 0.299. The summed E-state index contributed by atoms with van der Waals surface area (Å²) in [6, 6.07) is 15.8. The summed E-state index contributed by atoms with van der Waals surface area (Å²) in [5, 5.41) is 0. The molecular weight excluding hydrogens is 360 g/mol. The van der Waals surface area contributed by atoms with E-state index in [2.05, 4.69) is 31.2 Å². The van der Waals surface area contributed by atoms with Crippen molar-refractivity contribution in [2.45, 2.75) is 51.4 Å². The van der Waals surface area contributed by atoms with E-state index in [0.717, 1.165) is 12.8 Å². The summed E-state index contributed by atoms with van der Waals surface area (Å²) in [6.07, 6.45) is 11.4. The molecule has 1 fully saturated rings. The zero-order chi connectivity index (χ0) is 20.5. The average molecular weight is 393 g/mol. The van der Waals surface area contributed by atoms with Gasteiger partial charge in [-0.1, -0.05) is 49.8 Å². The molecule has 0 N–H and O–H groups in total. The first kappa shape index (κ1) is 21.3. The minimum Gasteiger partial charge on any atom is -0.423 e. The number of hydrogen-bond acceptors (Lipinski definition) is 3. The summed E-state index contributed by atoms with van der Waals surface area (Å²) in [5.74, 6) is 1.54. The van der Waals surface area contributed by atoms with Crippen LogP contribution in [0.3, 0.4) is 0 Å². The van der Waals surface area contributed by atoms with Crippen LogP contribution in [-0.2, 0) is 11.2 Å². The molecule has 0 spiro atoms. The molecule has 0 atom stereocenters. The molecule has 0 heterocycles. The molecule has 1 aliphatic rings. The molecule has 1 saturated carbocycles. The van der Waals surface area contributed by atoms with Gasteiger partial charge in [-0.2, -0.15) is 0 Å². The van der Waals surface area contributed by atoms with Gasteiger partial charge in [-0.05, 0) is 79.3 Å². The predicted molar refractivity (Wildman–Crippen MR) is 118 cm³/mol. The molecule has 1 aliphatic carbocycles. The second kappa shape index (κ2) is 11.0. The third-order valence-electron chi connectivity index (χ3n) is 5.73. The second-order valence-electron chi connectivity index (χ2n) is 7.90. The maximum Gasteiger partial charge on any atom is 0.343 e. The Balaban J connectivity index is 1.52. The first-order chi connectivity index (χ1) is 14.2. The van der Waals surface area contributed by atoms with E-state index in [4.69, 9.17) is 9.47 Å².